The Labute approximate surface area is 310 Å². The lowest BCUT2D eigenvalue weighted by molar-refractivity contribution is -0.151. The molecule has 0 aromatic rings. The largest absolute Gasteiger partial charge is 0.481 e. The van der Waals surface area contributed by atoms with Crippen LogP contribution in [0.15, 0.2) is 0 Å². The summed E-state index contributed by atoms with van der Waals surface area (Å²) in [5.74, 6) is -0.831. The zero-order valence-electron chi connectivity index (χ0n) is 33.8. The van der Waals surface area contributed by atoms with Crippen molar-refractivity contribution in [1.29, 1.82) is 0 Å². The lowest BCUT2D eigenvalue weighted by atomic mass is 9.75. The van der Waals surface area contributed by atoms with Crippen LogP contribution in [0.25, 0.3) is 0 Å². The van der Waals surface area contributed by atoms with E-state index in [1.807, 2.05) is 6.92 Å². The van der Waals surface area contributed by atoms with Crippen LogP contribution >= 0.6 is 0 Å². The molecule has 0 aromatic heterocycles. The van der Waals surface area contributed by atoms with Crippen LogP contribution in [-0.2, 0) is 9.53 Å². The molecule has 298 valence electrons. The number of carbonyl (C=O) groups excluding carboxylic acids is 1. The van der Waals surface area contributed by atoms with Crippen LogP contribution in [0.2, 0.25) is 0 Å². The van der Waals surface area contributed by atoms with Gasteiger partial charge in [-0.3, -0.25) is 4.79 Å². The normalized spacial score (nSPS) is 13.3. The number of rotatable bonds is 40. The van der Waals surface area contributed by atoms with Gasteiger partial charge in [-0.1, -0.05) is 207 Å². The maximum Gasteiger partial charge on any atom is 0.407 e. The third kappa shape index (κ3) is 31.4. The molecule has 50 heavy (non-hydrogen) atoms. The summed E-state index contributed by atoms with van der Waals surface area (Å²) in [6, 6.07) is 0. The first kappa shape index (κ1) is 48.7. The van der Waals surface area contributed by atoms with Crippen molar-refractivity contribution in [1.82, 2.24) is 5.32 Å². The lowest BCUT2D eigenvalue weighted by Crippen LogP contribution is -2.33. The second-order valence-corrected chi connectivity index (χ2v) is 15.6. The van der Waals surface area contributed by atoms with Crippen molar-refractivity contribution in [3.63, 3.8) is 0 Å². The number of hydrogen-bond donors (Lipinski definition) is 2. The minimum atomic E-state index is -1.02. The number of amides is 1. The molecule has 0 spiro atoms. The number of alkyl halides is 1. The van der Waals surface area contributed by atoms with E-state index in [1.54, 1.807) is 0 Å². The Hall–Kier alpha value is -1.33. The Balaban J connectivity index is 3.51. The van der Waals surface area contributed by atoms with Gasteiger partial charge in [-0.25, -0.2) is 9.18 Å². The second kappa shape index (κ2) is 37.4. The van der Waals surface area contributed by atoms with Crippen LogP contribution in [0, 0.1) is 5.41 Å². The second-order valence-electron chi connectivity index (χ2n) is 15.6. The quantitative estimate of drug-likeness (QED) is 0.0620. The molecule has 0 saturated carbocycles. The molecule has 0 saturated heterocycles. The summed E-state index contributed by atoms with van der Waals surface area (Å²) < 4.78 is 20.0. The number of carboxylic acids is 1. The third-order valence-electron chi connectivity index (χ3n) is 10.9. The Bertz CT molecular complexity index is 735. The highest BCUT2D eigenvalue weighted by atomic mass is 19.1. The van der Waals surface area contributed by atoms with Gasteiger partial charge in [0.05, 0.1) is 12.0 Å². The lowest BCUT2D eigenvalue weighted by Gasteiger charge is -2.30. The predicted octanol–water partition coefficient (Wildman–Crippen LogP) is 14.8. The molecule has 0 rings (SSSR count). The fourth-order valence-electron chi connectivity index (χ4n) is 7.32. The molecule has 2 atom stereocenters. The van der Waals surface area contributed by atoms with E-state index in [0.29, 0.717) is 32.4 Å². The van der Waals surface area contributed by atoms with E-state index in [1.165, 1.54) is 116 Å². The molecule has 0 fully saturated rings. The summed E-state index contributed by atoms with van der Waals surface area (Å²) in [6.45, 7) is 7.48. The molecule has 0 bridgehead atoms. The summed E-state index contributed by atoms with van der Waals surface area (Å²) in [5, 5.41) is 12.8. The highest BCUT2D eigenvalue weighted by Gasteiger charge is 2.38. The number of halogens is 1. The monoisotopic (exact) mass is 712 g/mol. The van der Waals surface area contributed by atoms with Gasteiger partial charge >= 0.3 is 12.1 Å². The number of carbonyl (C=O) groups is 2. The van der Waals surface area contributed by atoms with Crippen molar-refractivity contribution in [3.8, 4) is 0 Å². The minimum absolute atomic E-state index is 0.153. The number of carboxylic acid groups (broad SMARTS) is 1. The van der Waals surface area contributed by atoms with E-state index in [4.69, 9.17) is 4.74 Å². The molecule has 1 amide bonds. The van der Waals surface area contributed by atoms with Gasteiger partial charge in [-0.15, -0.1) is 0 Å². The van der Waals surface area contributed by atoms with Crippen LogP contribution in [0.4, 0.5) is 9.18 Å². The van der Waals surface area contributed by atoms with Gasteiger partial charge in [0.15, 0.2) is 0 Å². The zero-order chi connectivity index (χ0) is 36.8. The smallest absolute Gasteiger partial charge is 0.407 e. The molecule has 6 heteroatoms. The number of alkyl carbamates (subject to hydrolysis) is 1. The Kier molecular flexibility index (Phi) is 36.4. The first-order chi connectivity index (χ1) is 24.4. The van der Waals surface area contributed by atoms with Gasteiger partial charge in [-0.05, 0) is 38.5 Å². The maximum absolute atomic E-state index is 14.6. The van der Waals surface area contributed by atoms with E-state index in [2.05, 4.69) is 19.2 Å². The number of unbranched alkanes of at least 4 members (excludes halogenated alkanes) is 28. The van der Waals surface area contributed by atoms with Crippen LogP contribution in [0.1, 0.15) is 245 Å². The fourth-order valence-corrected chi connectivity index (χ4v) is 7.32. The van der Waals surface area contributed by atoms with Gasteiger partial charge in [0, 0.05) is 6.54 Å². The fraction of sp³-hybridized carbons (Fsp3) is 0.955. The van der Waals surface area contributed by atoms with Gasteiger partial charge in [0.2, 0.25) is 0 Å². The third-order valence-corrected chi connectivity index (χ3v) is 10.9. The number of hydrogen-bond acceptors (Lipinski definition) is 3. The number of ether oxygens (including phenoxy) is 1. The maximum atomic E-state index is 14.6. The van der Waals surface area contributed by atoms with Crippen LogP contribution in [0.3, 0.4) is 0 Å². The molecule has 0 aliphatic rings. The number of nitrogens with one attached hydrogen (secondary N) is 1. The van der Waals surface area contributed by atoms with Gasteiger partial charge in [0.25, 0.3) is 0 Å². The highest BCUT2D eigenvalue weighted by Crippen LogP contribution is 2.37. The number of aliphatic carboxylic acids is 1. The zero-order valence-corrected chi connectivity index (χ0v) is 33.8. The Morgan fingerprint density at radius 3 is 1.36 bits per heavy atom. The van der Waals surface area contributed by atoms with E-state index >= 15 is 0 Å². The van der Waals surface area contributed by atoms with E-state index in [-0.39, 0.29) is 12.5 Å². The molecule has 2 unspecified atom stereocenters. The molecule has 0 aliphatic heterocycles. The average molecular weight is 712 g/mol. The molecular weight excluding hydrogens is 625 g/mol. The van der Waals surface area contributed by atoms with Gasteiger partial charge in [-0.2, -0.15) is 0 Å². The highest BCUT2D eigenvalue weighted by molar-refractivity contribution is 5.74. The summed E-state index contributed by atoms with van der Waals surface area (Å²) in [7, 11) is 0. The van der Waals surface area contributed by atoms with Gasteiger partial charge < -0.3 is 15.2 Å². The molecule has 2 N–H and O–H groups in total. The predicted molar refractivity (Wildman–Crippen MR) is 213 cm³/mol. The van der Waals surface area contributed by atoms with E-state index in [0.717, 1.165) is 83.5 Å². The summed E-state index contributed by atoms with van der Waals surface area (Å²) >= 11 is 0. The standard InChI is InChI=1S/C44H86FNO4/c1-4-7-9-11-12-13-14-15-16-17-18-19-20-21-22-23-24-28-31-35-39-50-43(49)46-38-34-30-27-25-26-29-33-37-44(6-3,42(47)48)40-41(45)36-32-10-8-5-2/h41H,4-40H2,1-3H3,(H,46,49)(H,47,48). The average Bonchev–Trinajstić information content (AvgIpc) is 3.10. The topological polar surface area (TPSA) is 75.6 Å². The first-order valence-electron chi connectivity index (χ1n) is 22.2. The van der Waals surface area contributed by atoms with Gasteiger partial charge in [0.1, 0.15) is 6.17 Å². The molecule has 5 nitrogen and oxygen atoms in total. The minimum Gasteiger partial charge on any atom is -0.481 e. The van der Waals surface area contributed by atoms with Crippen molar-refractivity contribution in [2.75, 3.05) is 13.2 Å². The Morgan fingerprint density at radius 2 is 0.940 bits per heavy atom. The molecular formula is C44H86FNO4. The molecule has 0 aliphatic carbocycles. The van der Waals surface area contributed by atoms with Crippen molar-refractivity contribution in [2.45, 2.75) is 252 Å². The molecule has 0 aromatic carbocycles. The van der Waals surface area contributed by atoms with Crippen molar-refractivity contribution >= 4 is 12.1 Å². The molecule has 0 heterocycles. The van der Waals surface area contributed by atoms with Crippen molar-refractivity contribution in [2.24, 2.45) is 5.41 Å². The Morgan fingerprint density at radius 1 is 0.560 bits per heavy atom. The van der Waals surface area contributed by atoms with Crippen molar-refractivity contribution < 1.29 is 23.8 Å². The molecule has 0 radical (unpaired) electrons. The van der Waals surface area contributed by atoms with Crippen LogP contribution < -0.4 is 5.32 Å². The van der Waals surface area contributed by atoms with E-state index < -0.39 is 17.6 Å². The summed E-state index contributed by atoms with van der Waals surface area (Å²) in [4.78, 5) is 24.0. The summed E-state index contributed by atoms with van der Waals surface area (Å²) in [5.41, 5.74) is -0.921. The van der Waals surface area contributed by atoms with Crippen LogP contribution in [0.5, 0.6) is 0 Å². The summed E-state index contributed by atoms with van der Waals surface area (Å²) in [6.07, 6.45) is 38.9. The SMILES string of the molecule is CCCCCCCCCCCCCCCCCCCCCCOC(=O)NCCCCCCCCCC(CC)(CC(F)CCCCCC)C(=O)O. The first-order valence-corrected chi connectivity index (χ1v) is 22.2. The van der Waals surface area contributed by atoms with Crippen LogP contribution in [-0.4, -0.2) is 36.5 Å². The van der Waals surface area contributed by atoms with Crippen molar-refractivity contribution in [3.05, 3.63) is 0 Å². The van der Waals surface area contributed by atoms with E-state index in [9.17, 15) is 19.1 Å².